The fourth-order valence-electron chi connectivity index (χ4n) is 2.11. The Bertz CT molecular complexity index is 266. The lowest BCUT2D eigenvalue weighted by atomic mass is 9.95. The van der Waals surface area contributed by atoms with E-state index in [0.29, 0.717) is 6.42 Å². The molecular formula is C15H29NO3. The van der Waals surface area contributed by atoms with Crippen molar-refractivity contribution in [1.29, 1.82) is 0 Å². The first-order valence-electron chi connectivity index (χ1n) is 7.64. The number of aliphatic carboxylic acids is 1. The van der Waals surface area contributed by atoms with Crippen molar-refractivity contribution in [3.05, 3.63) is 0 Å². The standard InChI is InChI=1S/C15H29NO3/c1-3-10-16-15(2,14(17)18)9-4-5-11-19-12-8-13-6-7-13/h13,16H,3-12H2,1-2H3,(H,17,18). The molecule has 19 heavy (non-hydrogen) atoms. The highest BCUT2D eigenvalue weighted by Crippen LogP contribution is 2.32. The van der Waals surface area contributed by atoms with E-state index in [2.05, 4.69) is 5.32 Å². The van der Waals surface area contributed by atoms with E-state index < -0.39 is 11.5 Å². The monoisotopic (exact) mass is 271 g/mol. The van der Waals surface area contributed by atoms with Crippen molar-refractivity contribution >= 4 is 5.97 Å². The minimum Gasteiger partial charge on any atom is -0.480 e. The minimum atomic E-state index is -0.788. The summed E-state index contributed by atoms with van der Waals surface area (Å²) in [7, 11) is 0. The molecule has 1 aliphatic carbocycles. The molecule has 0 aromatic heterocycles. The fraction of sp³-hybridized carbons (Fsp3) is 0.933. The Morgan fingerprint density at radius 1 is 1.37 bits per heavy atom. The van der Waals surface area contributed by atoms with Crippen molar-refractivity contribution in [3.8, 4) is 0 Å². The van der Waals surface area contributed by atoms with Gasteiger partial charge in [-0.15, -0.1) is 0 Å². The molecule has 0 radical (unpaired) electrons. The van der Waals surface area contributed by atoms with Gasteiger partial charge in [0, 0.05) is 13.2 Å². The van der Waals surface area contributed by atoms with Crippen LogP contribution < -0.4 is 5.32 Å². The molecule has 0 amide bonds. The Kier molecular flexibility index (Phi) is 7.39. The van der Waals surface area contributed by atoms with Crippen LogP contribution in [0.15, 0.2) is 0 Å². The first kappa shape index (κ1) is 16.4. The Morgan fingerprint density at radius 2 is 2.11 bits per heavy atom. The molecule has 1 aliphatic rings. The number of nitrogens with one attached hydrogen (secondary N) is 1. The average Bonchev–Trinajstić information content (AvgIpc) is 3.19. The van der Waals surface area contributed by atoms with Gasteiger partial charge in [0.15, 0.2) is 0 Å². The second-order valence-electron chi connectivity index (χ2n) is 5.87. The van der Waals surface area contributed by atoms with Crippen LogP contribution in [-0.4, -0.2) is 36.4 Å². The SMILES string of the molecule is CCCNC(C)(CCCCOCCC1CC1)C(=O)O. The molecule has 1 unspecified atom stereocenters. The number of rotatable bonds is 12. The third-order valence-electron chi connectivity index (χ3n) is 3.82. The Hall–Kier alpha value is -0.610. The highest BCUT2D eigenvalue weighted by atomic mass is 16.5. The minimum absolute atomic E-state index is 0.661. The normalized spacial score (nSPS) is 18.2. The molecule has 4 nitrogen and oxygen atoms in total. The lowest BCUT2D eigenvalue weighted by molar-refractivity contribution is -0.144. The number of hydrogen-bond donors (Lipinski definition) is 2. The van der Waals surface area contributed by atoms with E-state index in [0.717, 1.165) is 44.9 Å². The van der Waals surface area contributed by atoms with E-state index in [1.54, 1.807) is 6.92 Å². The van der Waals surface area contributed by atoms with Gasteiger partial charge in [-0.25, -0.2) is 0 Å². The molecule has 2 N–H and O–H groups in total. The summed E-state index contributed by atoms with van der Waals surface area (Å²) in [5.74, 6) is 0.171. The highest BCUT2D eigenvalue weighted by molar-refractivity contribution is 5.78. The van der Waals surface area contributed by atoms with Crippen LogP contribution in [0.25, 0.3) is 0 Å². The smallest absolute Gasteiger partial charge is 0.323 e. The van der Waals surface area contributed by atoms with E-state index in [1.165, 1.54) is 19.3 Å². The predicted octanol–water partition coefficient (Wildman–Crippen LogP) is 2.82. The van der Waals surface area contributed by atoms with E-state index in [9.17, 15) is 9.90 Å². The third-order valence-corrected chi connectivity index (χ3v) is 3.82. The van der Waals surface area contributed by atoms with Gasteiger partial charge in [0.05, 0.1) is 0 Å². The molecule has 0 bridgehead atoms. The summed E-state index contributed by atoms with van der Waals surface area (Å²) >= 11 is 0. The average molecular weight is 271 g/mol. The summed E-state index contributed by atoms with van der Waals surface area (Å²) in [6.45, 7) is 6.20. The number of carboxylic acids is 1. The Labute approximate surface area is 116 Å². The molecule has 0 heterocycles. The number of carboxylic acid groups (broad SMARTS) is 1. The van der Waals surface area contributed by atoms with Gasteiger partial charge >= 0.3 is 5.97 Å². The van der Waals surface area contributed by atoms with Gasteiger partial charge in [0.25, 0.3) is 0 Å². The van der Waals surface area contributed by atoms with Crippen molar-refractivity contribution in [3.63, 3.8) is 0 Å². The van der Waals surface area contributed by atoms with Gasteiger partial charge in [-0.1, -0.05) is 19.8 Å². The summed E-state index contributed by atoms with van der Waals surface area (Å²) in [4.78, 5) is 11.3. The van der Waals surface area contributed by atoms with Crippen molar-refractivity contribution in [2.75, 3.05) is 19.8 Å². The molecule has 112 valence electrons. The summed E-state index contributed by atoms with van der Waals surface area (Å²) in [5.41, 5.74) is -0.788. The van der Waals surface area contributed by atoms with Crippen molar-refractivity contribution in [2.24, 2.45) is 5.92 Å². The molecular weight excluding hydrogens is 242 g/mol. The maximum absolute atomic E-state index is 11.3. The van der Waals surface area contributed by atoms with Crippen LogP contribution >= 0.6 is 0 Å². The number of hydrogen-bond acceptors (Lipinski definition) is 3. The lowest BCUT2D eigenvalue weighted by Gasteiger charge is -2.26. The molecule has 0 spiro atoms. The van der Waals surface area contributed by atoms with Crippen LogP contribution in [0.2, 0.25) is 0 Å². The summed E-state index contributed by atoms with van der Waals surface area (Å²) < 4.78 is 5.57. The van der Waals surface area contributed by atoms with Gasteiger partial charge in [0.2, 0.25) is 0 Å². The van der Waals surface area contributed by atoms with Crippen molar-refractivity contribution in [2.45, 2.75) is 64.3 Å². The van der Waals surface area contributed by atoms with E-state index in [4.69, 9.17) is 4.74 Å². The van der Waals surface area contributed by atoms with Crippen LogP contribution in [-0.2, 0) is 9.53 Å². The second kappa shape index (κ2) is 8.54. The third kappa shape index (κ3) is 6.92. The maximum atomic E-state index is 11.3. The van der Waals surface area contributed by atoms with Crippen molar-refractivity contribution in [1.82, 2.24) is 5.32 Å². The van der Waals surface area contributed by atoms with Crippen molar-refractivity contribution < 1.29 is 14.6 Å². The molecule has 1 atom stereocenters. The highest BCUT2D eigenvalue weighted by Gasteiger charge is 2.31. The zero-order valence-electron chi connectivity index (χ0n) is 12.4. The fourth-order valence-corrected chi connectivity index (χ4v) is 2.11. The van der Waals surface area contributed by atoms with Gasteiger partial charge in [0.1, 0.15) is 5.54 Å². The molecule has 1 rings (SSSR count). The van der Waals surface area contributed by atoms with Gasteiger partial charge in [-0.05, 0) is 51.5 Å². The molecule has 1 saturated carbocycles. The predicted molar refractivity (Wildman–Crippen MR) is 76.3 cm³/mol. The largest absolute Gasteiger partial charge is 0.480 e. The molecule has 1 fully saturated rings. The van der Waals surface area contributed by atoms with Crippen LogP contribution in [0.3, 0.4) is 0 Å². The zero-order chi connectivity index (χ0) is 14.1. The number of unbranched alkanes of at least 4 members (excludes halogenated alkanes) is 1. The van der Waals surface area contributed by atoms with Crippen LogP contribution in [0.4, 0.5) is 0 Å². The zero-order valence-corrected chi connectivity index (χ0v) is 12.4. The molecule has 0 aliphatic heterocycles. The second-order valence-corrected chi connectivity index (χ2v) is 5.87. The summed E-state index contributed by atoms with van der Waals surface area (Å²) in [6, 6.07) is 0. The van der Waals surface area contributed by atoms with Crippen LogP contribution in [0.1, 0.15) is 58.8 Å². The van der Waals surface area contributed by atoms with Crippen LogP contribution in [0, 0.1) is 5.92 Å². The molecule has 0 saturated heterocycles. The first-order valence-corrected chi connectivity index (χ1v) is 7.64. The van der Waals surface area contributed by atoms with E-state index in [1.807, 2.05) is 6.92 Å². The number of carbonyl (C=O) groups is 1. The Morgan fingerprint density at radius 3 is 2.68 bits per heavy atom. The summed E-state index contributed by atoms with van der Waals surface area (Å²) in [5, 5.41) is 12.4. The van der Waals surface area contributed by atoms with Gasteiger partial charge in [-0.2, -0.15) is 0 Å². The quantitative estimate of drug-likeness (QED) is 0.536. The van der Waals surface area contributed by atoms with Gasteiger partial charge in [-0.3, -0.25) is 4.79 Å². The van der Waals surface area contributed by atoms with E-state index in [-0.39, 0.29) is 0 Å². The van der Waals surface area contributed by atoms with Gasteiger partial charge < -0.3 is 15.2 Å². The maximum Gasteiger partial charge on any atom is 0.323 e. The molecule has 0 aromatic rings. The summed E-state index contributed by atoms with van der Waals surface area (Å²) in [6.07, 6.45) is 7.41. The first-order chi connectivity index (χ1) is 9.08. The lowest BCUT2D eigenvalue weighted by Crippen LogP contribution is -2.49. The van der Waals surface area contributed by atoms with E-state index >= 15 is 0 Å². The molecule has 0 aromatic carbocycles. The van der Waals surface area contributed by atoms with Crippen LogP contribution in [0.5, 0.6) is 0 Å². The molecule has 4 heteroatoms. The number of ether oxygens (including phenoxy) is 1. The topological polar surface area (TPSA) is 58.6 Å². The Balaban J connectivity index is 2.04.